The molecule has 0 aliphatic heterocycles. The molecule has 0 aromatic heterocycles. The Balaban J connectivity index is 0.000000200. The molecule has 0 unspecified atom stereocenters. The molecule has 0 saturated carbocycles. The van der Waals surface area contributed by atoms with Crippen molar-refractivity contribution in [1.82, 2.24) is 0 Å². The topological polar surface area (TPSA) is 80.3 Å². The van der Waals surface area contributed by atoms with Crippen LogP contribution >= 0.6 is 0 Å². The van der Waals surface area contributed by atoms with Crippen LogP contribution in [0.4, 0.5) is 0 Å². The molecule has 29 heavy (non-hydrogen) atoms. The third-order valence-electron chi connectivity index (χ3n) is 4.51. The summed E-state index contributed by atoms with van der Waals surface area (Å²) in [5, 5.41) is 24.9. The van der Waals surface area contributed by atoms with Crippen molar-refractivity contribution >= 4 is 33.5 Å². The first kappa shape index (κ1) is 22.3. The quantitative estimate of drug-likeness (QED) is 0.453. The normalized spacial score (nSPS) is 10.0. The molecule has 0 heterocycles. The van der Waals surface area contributed by atoms with Crippen LogP contribution < -0.4 is 10.2 Å². The Morgan fingerprint density at radius 1 is 0.621 bits per heavy atom. The second-order valence-electron chi connectivity index (χ2n) is 6.64. The maximum absolute atomic E-state index is 10.8. The largest absolute Gasteiger partial charge is 2.00 e. The van der Waals surface area contributed by atoms with Crippen molar-refractivity contribution in [3.05, 3.63) is 95.1 Å². The van der Waals surface area contributed by atoms with Crippen molar-refractivity contribution in [3.8, 4) is 0 Å². The Morgan fingerprint density at radius 3 is 1.34 bits per heavy atom. The molecular weight excluding hydrogens is 418 g/mol. The van der Waals surface area contributed by atoms with Crippen molar-refractivity contribution in [1.29, 1.82) is 0 Å². The average molecular weight is 436 g/mol. The predicted molar refractivity (Wildman–Crippen MR) is 106 cm³/mol. The number of hydrogen-bond acceptors (Lipinski definition) is 4. The monoisotopic (exact) mass is 434 g/mol. The van der Waals surface area contributed by atoms with E-state index in [1.165, 1.54) is 0 Å². The fourth-order valence-corrected chi connectivity index (χ4v) is 3.16. The molecule has 0 spiro atoms. The van der Waals surface area contributed by atoms with Gasteiger partial charge in [-0.15, -0.1) is 0 Å². The SMILES string of the molecule is Cc1ccc2c(C(=O)[O-])cccc2c1.Cc1ccc2c(C(=O)[O-])cccc2c1.[Zn+2]. The van der Waals surface area contributed by atoms with E-state index in [-0.39, 0.29) is 30.6 Å². The summed E-state index contributed by atoms with van der Waals surface area (Å²) in [4.78, 5) is 21.6. The smallest absolute Gasteiger partial charge is 0.545 e. The number of fused-ring (bicyclic) bond motifs is 2. The van der Waals surface area contributed by atoms with Gasteiger partial charge in [-0.3, -0.25) is 0 Å². The second-order valence-corrected chi connectivity index (χ2v) is 6.64. The summed E-state index contributed by atoms with van der Waals surface area (Å²) < 4.78 is 0. The first-order valence-electron chi connectivity index (χ1n) is 8.78. The van der Waals surface area contributed by atoms with Gasteiger partial charge in [0.1, 0.15) is 0 Å². The van der Waals surface area contributed by atoms with Gasteiger partial charge >= 0.3 is 19.5 Å². The van der Waals surface area contributed by atoms with E-state index >= 15 is 0 Å². The van der Waals surface area contributed by atoms with Gasteiger partial charge in [0.25, 0.3) is 0 Å². The summed E-state index contributed by atoms with van der Waals surface area (Å²) in [6.45, 7) is 3.95. The molecule has 0 bridgehead atoms. The first-order valence-corrected chi connectivity index (χ1v) is 8.78. The number of carbonyl (C=O) groups is 2. The van der Waals surface area contributed by atoms with Gasteiger partial charge in [-0.1, -0.05) is 83.9 Å². The van der Waals surface area contributed by atoms with E-state index in [0.29, 0.717) is 0 Å². The molecule has 5 heteroatoms. The Morgan fingerprint density at radius 2 is 1.00 bits per heavy atom. The fourth-order valence-electron chi connectivity index (χ4n) is 3.16. The number of aromatic carboxylic acids is 2. The number of carboxylic acids is 2. The number of hydrogen-bond donors (Lipinski definition) is 0. The Kier molecular flexibility index (Phi) is 7.25. The molecular formula is C24H18O4Zn. The van der Waals surface area contributed by atoms with Gasteiger partial charge in [0, 0.05) is 11.1 Å². The number of rotatable bonds is 2. The van der Waals surface area contributed by atoms with Crippen LogP contribution in [0.15, 0.2) is 72.8 Å². The van der Waals surface area contributed by atoms with E-state index in [1.54, 1.807) is 24.3 Å². The van der Waals surface area contributed by atoms with E-state index in [4.69, 9.17) is 0 Å². The third kappa shape index (κ3) is 5.07. The minimum atomic E-state index is -1.13. The number of carboxylic acid groups (broad SMARTS) is 2. The van der Waals surface area contributed by atoms with Gasteiger partial charge in [-0.25, -0.2) is 0 Å². The van der Waals surface area contributed by atoms with Crippen LogP contribution in [-0.4, -0.2) is 11.9 Å². The van der Waals surface area contributed by atoms with Gasteiger partial charge in [0.2, 0.25) is 0 Å². The summed E-state index contributed by atoms with van der Waals surface area (Å²) in [6.07, 6.45) is 0. The van der Waals surface area contributed by atoms with E-state index in [0.717, 1.165) is 32.7 Å². The van der Waals surface area contributed by atoms with Crippen LogP contribution in [0.25, 0.3) is 21.5 Å². The van der Waals surface area contributed by atoms with Gasteiger partial charge in [0.05, 0.1) is 11.9 Å². The van der Waals surface area contributed by atoms with Crippen LogP contribution in [0.3, 0.4) is 0 Å². The summed E-state index contributed by atoms with van der Waals surface area (Å²) in [5.74, 6) is -2.25. The van der Waals surface area contributed by atoms with Crippen LogP contribution in [0.2, 0.25) is 0 Å². The first-order chi connectivity index (χ1) is 13.4. The van der Waals surface area contributed by atoms with Gasteiger partial charge in [0.15, 0.2) is 0 Å². The van der Waals surface area contributed by atoms with Crippen LogP contribution in [0.5, 0.6) is 0 Å². The minimum absolute atomic E-state index is 0. The Hall–Kier alpha value is -3.04. The Bertz CT molecular complexity index is 1100. The predicted octanol–water partition coefficient (Wildman–Crippen LogP) is 3.02. The van der Waals surface area contributed by atoms with Gasteiger partial charge in [-0.05, 0) is 35.4 Å². The minimum Gasteiger partial charge on any atom is -0.545 e. The van der Waals surface area contributed by atoms with Gasteiger partial charge in [-0.2, -0.15) is 0 Å². The standard InChI is InChI=1S/2C12H10O2.Zn/c2*1-8-5-6-10-9(7-8)3-2-4-11(10)12(13)14;/h2*2-7H,1H3,(H,13,14);/q;;+2/p-2. The summed E-state index contributed by atoms with van der Waals surface area (Å²) >= 11 is 0. The van der Waals surface area contributed by atoms with Crippen LogP contribution in [0.1, 0.15) is 31.8 Å². The van der Waals surface area contributed by atoms with Crippen molar-refractivity contribution in [2.75, 3.05) is 0 Å². The second kappa shape index (κ2) is 9.44. The van der Waals surface area contributed by atoms with E-state index in [9.17, 15) is 19.8 Å². The van der Waals surface area contributed by atoms with Crippen LogP contribution in [-0.2, 0) is 19.5 Å². The molecule has 140 valence electrons. The maximum atomic E-state index is 10.8. The van der Waals surface area contributed by atoms with Crippen molar-refractivity contribution < 1.29 is 39.3 Å². The molecule has 4 aromatic carbocycles. The van der Waals surface area contributed by atoms with Crippen LogP contribution in [0, 0.1) is 13.8 Å². The summed E-state index contributed by atoms with van der Waals surface area (Å²) in [6, 6.07) is 21.7. The molecule has 4 nitrogen and oxygen atoms in total. The van der Waals surface area contributed by atoms with E-state index < -0.39 is 11.9 Å². The molecule has 0 saturated heterocycles. The van der Waals surface area contributed by atoms with Crippen molar-refractivity contribution in [3.63, 3.8) is 0 Å². The van der Waals surface area contributed by atoms with E-state index in [2.05, 4.69) is 0 Å². The summed E-state index contributed by atoms with van der Waals surface area (Å²) in [5.41, 5.74) is 2.74. The maximum Gasteiger partial charge on any atom is 2.00 e. The molecule has 0 aliphatic rings. The zero-order chi connectivity index (χ0) is 20.3. The third-order valence-corrected chi connectivity index (χ3v) is 4.51. The molecule has 0 radical (unpaired) electrons. The molecule has 4 aromatic rings. The zero-order valence-electron chi connectivity index (χ0n) is 16.3. The summed E-state index contributed by atoms with van der Waals surface area (Å²) in [7, 11) is 0. The molecule has 4 rings (SSSR count). The van der Waals surface area contributed by atoms with Crippen molar-refractivity contribution in [2.45, 2.75) is 13.8 Å². The number of aryl methyl sites for hydroxylation is 2. The Labute approximate surface area is 181 Å². The zero-order valence-corrected chi connectivity index (χ0v) is 19.2. The fraction of sp³-hybridized carbons (Fsp3) is 0.0833. The molecule has 0 fully saturated rings. The molecule has 0 amide bonds. The van der Waals surface area contributed by atoms with Gasteiger partial charge < -0.3 is 19.8 Å². The van der Waals surface area contributed by atoms with Crippen molar-refractivity contribution in [2.24, 2.45) is 0 Å². The molecule has 0 N–H and O–H groups in total. The molecule has 0 aliphatic carbocycles. The number of carbonyl (C=O) groups excluding carboxylic acids is 2. The van der Waals surface area contributed by atoms with E-state index in [1.807, 2.05) is 62.4 Å². The number of benzene rings is 4. The average Bonchev–Trinajstić information content (AvgIpc) is 2.66. The molecule has 0 atom stereocenters.